The Labute approximate surface area is 165 Å². The maximum absolute atomic E-state index is 12.9. The van der Waals surface area contributed by atoms with Gasteiger partial charge < -0.3 is 4.90 Å². The summed E-state index contributed by atoms with van der Waals surface area (Å²) >= 11 is 3.56. The molecule has 0 aliphatic carbocycles. The van der Waals surface area contributed by atoms with Crippen molar-refractivity contribution in [2.75, 3.05) is 11.4 Å². The van der Waals surface area contributed by atoms with Crippen LogP contribution in [-0.2, 0) is 26.4 Å². The van der Waals surface area contributed by atoms with Gasteiger partial charge in [0.1, 0.15) is 5.82 Å². The number of aromatic amines is 1. The fourth-order valence-electron chi connectivity index (χ4n) is 3.60. The van der Waals surface area contributed by atoms with Crippen LogP contribution in [0.2, 0.25) is 0 Å². The van der Waals surface area contributed by atoms with E-state index < -0.39 is 0 Å². The van der Waals surface area contributed by atoms with Crippen LogP contribution in [0.5, 0.6) is 0 Å². The zero-order valence-electron chi connectivity index (χ0n) is 15.0. The minimum Gasteiger partial charge on any atom is -0.353 e. The molecular weight excluding hydrogens is 406 g/mol. The van der Waals surface area contributed by atoms with Crippen LogP contribution < -0.4 is 16.1 Å². The van der Waals surface area contributed by atoms with E-state index in [1.54, 1.807) is 0 Å². The lowest BCUT2D eigenvalue weighted by atomic mass is 9.99. The van der Waals surface area contributed by atoms with Gasteiger partial charge in [0.25, 0.3) is 5.56 Å². The summed E-state index contributed by atoms with van der Waals surface area (Å²) in [5.74, 6) is 0.633. The summed E-state index contributed by atoms with van der Waals surface area (Å²) in [5, 5.41) is 0. The van der Waals surface area contributed by atoms with Crippen LogP contribution in [0.15, 0.2) is 62.6 Å². The number of aromatic nitrogens is 2. The van der Waals surface area contributed by atoms with E-state index in [2.05, 4.69) is 37.9 Å². The first kappa shape index (κ1) is 17.8. The molecule has 138 valence electrons. The van der Waals surface area contributed by atoms with E-state index in [-0.39, 0.29) is 11.2 Å². The Kier molecular flexibility index (Phi) is 4.74. The van der Waals surface area contributed by atoms with Crippen LogP contribution in [0.3, 0.4) is 0 Å². The fraction of sp³-hybridized carbons (Fsp3) is 0.238. The van der Waals surface area contributed by atoms with Gasteiger partial charge in [0.05, 0.1) is 5.56 Å². The third kappa shape index (κ3) is 3.37. The molecule has 1 aromatic heterocycles. The molecule has 0 saturated heterocycles. The van der Waals surface area contributed by atoms with E-state index in [0.29, 0.717) is 24.3 Å². The predicted molar refractivity (Wildman–Crippen MR) is 110 cm³/mol. The summed E-state index contributed by atoms with van der Waals surface area (Å²) in [6.45, 7) is 1.45. The van der Waals surface area contributed by atoms with Crippen molar-refractivity contribution < 1.29 is 0 Å². The number of rotatable bonds is 3. The monoisotopic (exact) mass is 425 g/mol. The number of nitrogens with one attached hydrogen (secondary N) is 1. The first-order valence-electron chi connectivity index (χ1n) is 8.92. The molecular formula is C21H20BrN3O2. The van der Waals surface area contributed by atoms with Crippen molar-refractivity contribution >= 4 is 21.7 Å². The average molecular weight is 426 g/mol. The maximum Gasteiger partial charge on any atom is 0.329 e. The van der Waals surface area contributed by atoms with Gasteiger partial charge in [-0.05, 0) is 29.2 Å². The van der Waals surface area contributed by atoms with Crippen molar-refractivity contribution in [3.8, 4) is 0 Å². The Morgan fingerprint density at radius 2 is 1.74 bits per heavy atom. The molecule has 1 aliphatic heterocycles. The van der Waals surface area contributed by atoms with E-state index in [9.17, 15) is 9.59 Å². The normalized spacial score (nSPS) is 13.5. The number of H-pyrrole nitrogens is 1. The molecule has 0 bridgehead atoms. The maximum atomic E-state index is 12.9. The zero-order chi connectivity index (χ0) is 19.0. The average Bonchev–Trinajstić information content (AvgIpc) is 2.69. The fourth-order valence-corrected chi connectivity index (χ4v) is 4.03. The molecule has 4 rings (SSSR count). The number of anilines is 1. The third-order valence-electron chi connectivity index (χ3n) is 5.15. The smallest absolute Gasteiger partial charge is 0.329 e. The van der Waals surface area contributed by atoms with Gasteiger partial charge in [0.15, 0.2) is 0 Å². The zero-order valence-corrected chi connectivity index (χ0v) is 16.6. The van der Waals surface area contributed by atoms with Crippen molar-refractivity contribution in [1.82, 2.24) is 9.55 Å². The standard InChI is InChI=1S/C21H20BrN3O2/c1-24-20(26)17(12-15-7-4-5-9-18(15)22)19(23-21(24)27)25-11-10-14-6-2-3-8-16(14)13-25/h2-9H,10-13H2,1H3,(H,23,27). The van der Waals surface area contributed by atoms with Gasteiger partial charge >= 0.3 is 5.69 Å². The molecule has 0 fully saturated rings. The van der Waals surface area contributed by atoms with E-state index in [4.69, 9.17) is 0 Å². The van der Waals surface area contributed by atoms with Crippen LogP contribution >= 0.6 is 15.9 Å². The van der Waals surface area contributed by atoms with Gasteiger partial charge in [-0.15, -0.1) is 0 Å². The topological polar surface area (TPSA) is 58.1 Å². The molecule has 0 spiro atoms. The lowest BCUT2D eigenvalue weighted by Gasteiger charge is -2.31. The van der Waals surface area contributed by atoms with Crippen molar-refractivity contribution in [1.29, 1.82) is 0 Å². The van der Waals surface area contributed by atoms with Crippen molar-refractivity contribution in [2.24, 2.45) is 7.05 Å². The SMILES string of the molecule is Cn1c(=O)[nH]c(N2CCc3ccccc3C2)c(Cc2ccccc2Br)c1=O. The molecule has 1 N–H and O–H groups in total. The number of nitrogens with zero attached hydrogens (tertiary/aromatic N) is 2. The van der Waals surface area contributed by atoms with Crippen LogP contribution in [0.4, 0.5) is 5.82 Å². The third-order valence-corrected chi connectivity index (χ3v) is 5.92. The molecule has 0 amide bonds. The molecule has 5 nitrogen and oxygen atoms in total. The van der Waals surface area contributed by atoms with E-state index >= 15 is 0 Å². The van der Waals surface area contributed by atoms with Gasteiger partial charge in [-0.25, -0.2) is 4.79 Å². The molecule has 3 aromatic rings. The molecule has 2 aromatic carbocycles. The molecule has 0 atom stereocenters. The van der Waals surface area contributed by atoms with Gasteiger partial charge in [-0.2, -0.15) is 0 Å². The molecule has 1 aliphatic rings. The van der Waals surface area contributed by atoms with Crippen molar-refractivity contribution in [3.63, 3.8) is 0 Å². The van der Waals surface area contributed by atoms with Crippen LogP contribution in [0.1, 0.15) is 22.3 Å². The highest BCUT2D eigenvalue weighted by Crippen LogP contribution is 2.26. The molecule has 2 heterocycles. The number of fused-ring (bicyclic) bond motifs is 1. The predicted octanol–water partition coefficient (Wildman–Crippen LogP) is 2.99. The molecule has 6 heteroatoms. The number of halogens is 1. The Morgan fingerprint density at radius 3 is 2.52 bits per heavy atom. The first-order valence-corrected chi connectivity index (χ1v) is 9.71. The van der Waals surface area contributed by atoms with E-state index in [1.165, 1.54) is 18.2 Å². The number of benzene rings is 2. The van der Waals surface area contributed by atoms with Gasteiger partial charge in [0, 0.05) is 31.0 Å². The first-order chi connectivity index (χ1) is 13.0. The number of hydrogen-bond donors (Lipinski definition) is 1. The minimum absolute atomic E-state index is 0.247. The Hall–Kier alpha value is -2.60. The lowest BCUT2D eigenvalue weighted by molar-refractivity contribution is 0.688. The molecule has 0 radical (unpaired) electrons. The highest BCUT2D eigenvalue weighted by Gasteiger charge is 2.22. The van der Waals surface area contributed by atoms with Gasteiger partial charge in [0.2, 0.25) is 0 Å². The van der Waals surface area contributed by atoms with Crippen molar-refractivity contribution in [2.45, 2.75) is 19.4 Å². The Balaban J connectivity index is 1.80. The quantitative estimate of drug-likeness (QED) is 0.701. The molecule has 27 heavy (non-hydrogen) atoms. The summed E-state index contributed by atoms with van der Waals surface area (Å²) in [6, 6.07) is 16.2. The summed E-state index contributed by atoms with van der Waals surface area (Å²) in [5.41, 5.74) is 3.56. The minimum atomic E-state index is -0.385. The van der Waals surface area contributed by atoms with Gasteiger partial charge in [-0.3, -0.25) is 14.3 Å². The lowest BCUT2D eigenvalue weighted by Crippen LogP contribution is -2.40. The largest absolute Gasteiger partial charge is 0.353 e. The molecule has 0 unspecified atom stereocenters. The van der Waals surface area contributed by atoms with Crippen molar-refractivity contribution in [3.05, 3.63) is 96.1 Å². The second-order valence-corrected chi connectivity index (χ2v) is 7.68. The highest BCUT2D eigenvalue weighted by atomic mass is 79.9. The summed E-state index contributed by atoms with van der Waals surface area (Å²) in [4.78, 5) is 30.3. The Bertz CT molecular complexity index is 1120. The van der Waals surface area contributed by atoms with Crippen LogP contribution in [0.25, 0.3) is 0 Å². The van der Waals surface area contributed by atoms with Gasteiger partial charge in [-0.1, -0.05) is 58.4 Å². The molecule has 0 saturated carbocycles. The van der Waals surface area contributed by atoms with Crippen LogP contribution in [0, 0.1) is 0 Å². The van der Waals surface area contributed by atoms with E-state index in [0.717, 1.165) is 27.6 Å². The second kappa shape index (κ2) is 7.19. The highest BCUT2D eigenvalue weighted by molar-refractivity contribution is 9.10. The van der Waals surface area contributed by atoms with E-state index in [1.807, 2.05) is 36.4 Å². The van der Waals surface area contributed by atoms with Crippen LogP contribution in [-0.4, -0.2) is 16.1 Å². The Morgan fingerprint density at radius 1 is 1.04 bits per heavy atom. The second-order valence-electron chi connectivity index (χ2n) is 6.83. The summed E-state index contributed by atoms with van der Waals surface area (Å²) in [7, 11) is 1.51. The summed E-state index contributed by atoms with van der Waals surface area (Å²) < 4.78 is 2.10. The number of hydrogen-bond acceptors (Lipinski definition) is 3. The summed E-state index contributed by atoms with van der Waals surface area (Å²) in [6.07, 6.45) is 1.35.